The number of hydrogen-bond acceptors (Lipinski definition) is 3. The molecule has 0 aliphatic heterocycles. The number of rotatable bonds is 10. The summed E-state index contributed by atoms with van der Waals surface area (Å²) >= 11 is 0. The van der Waals surface area contributed by atoms with Crippen LogP contribution in [0.3, 0.4) is 0 Å². The molecule has 1 rings (SSSR count). The predicted octanol–water partition coefficient (Wildman–Crippen LogP) is 4.18. The number of nitrogens with two attached hydrogens (primary N) is 1. The van der Waals surface area contributed by atoms with Crippen LogP contribution in [0.15, 0.2) is 18.2 Å². The van der Waals surface area contributed by atoms with Gasteiger partial charge >= 0.3 is 0 Å². The maximum Gasteiger partial charge on any atom is 0.126 e. The average molecular weight is 293 g/mol. The fraction of sp³-hybridized carbons (Fsp3) is 0.667. The fourth-order valence-corrected chi connectivity index (χ4v) is 2.42. The SMILES string of the molecule is CCCCC(CC)COc1cc(OC)ccc1CC(C)N. The molecule has 0 spiro atoms. The summed E-state index contributed by atoms with van der Waals surface area (Å²) in [4.78, 5) is 0. The van der Waals surface area contributed by atoms with Crippen LogP contribution in [0.1, 0.15) is 52.0 Å². The Labute approximate surface area is 129 Å². The monoisotopic (exact) mass is 293 g/mol. The molecule has 120 valence electrons. The molecule has 0 radical (unpaired) electrons. The summed E-state index contributed by atoms with van der Waals surface area (Å²) in [6.07, 6.45) is 5.73. The second-order valence-corrected chi connectivity index (χ2v) is 5.88. The van der Waals surface area contributed by atoms with Gasteiger partial charge in [-0.2, -0.15) is 0 Å². The quantitative estimate of drug-likeness (QED) is 0.704. The zero-order valence-electron chi connectivity index (χ0n) is 14.0. The predicted molar refractivity (Wildman–Crippen MR) is 89.1 cm³/mol. The summed E-state index contributed by atoms with van der Waals surface area (Å²) in [6.45, 7) is 7.26. The Morgan fingerprint density at radius 2 is 2.00 bits per heavy atom. The summed E-state index contributed by atoms with van der Waals surface area (Å²) < 4.78 is 11.4. The molecule has 2 atom stereocenters. The number of unbranched alkanes of at least 4 members (excludes halogenated alkanes) is 1. The van der Waals surface area contributed by atoms with Crippen molar-refractivity contribution < 1.29 is 9.47 Å². The number of methoxy groups -OCH3 is 1. The van der Waals surface area contributed by atoms with E-state index >= 15 is 0 Å². The maximum atomic E-state index is 6.10. The molecule has 0 aliphatic carbocycles. The van der Waals surface area contributed by atoms with Crippen molar-refractivity contribution in [2.45, 2.75) is 58.9 Å². The zero-order valence-corrected chi connectivity index (χ0v) is 14.0. The van der Waals surface area contributed by atoms with Gasteiger partial charge in [0.15, 0.2) is 0 Å². The van der Waals surface area contributed by atoms with Crippen molar-refractivity contribution in [1.82, 2.24) is 0 Å². The molecule has 21 heavy (non-hydrogen) atoms. The Kier molecular flexibility index (Phi) is 8.21. The molecule has 3 heteroatoms. The van der Waals surface area contributed by atoms with Crippen LogP contribution in [-0.4, -0.2) is 19.8 Å². The smallest absolute Gasteiger partial charge is 0.126 e. The van der Waals surface area contributed by atoms with Crippen molar-refractivity contribution in [3.05, 3.63) is 23.8 Å². The largest absolute Gasteiger partial charge is 0.497 e. The van der Waals surface area contributed by atoms with E-state index in [1.165, 1.54) is 19.3 Å². The van der Waals surface area contributed by atoms with Crippen molar-refractivity contribution in [1.29, 1.82) is 0 Å². The summed E-state index contributed by atoms with van der Waals surface area (Å²) in [6, 6.07) is 6.14. The highest BCUT2D eigenvalue weighted by Crippen LogP contribution is 2.27. The van der Waals surface area contributed by atoms with Gasteiger partial charge in [-0.1, -0.05) is 39.2 Å². The van der Waals surface area contributed by atoms with E-state index in [1.54, 1.807) is 7.11 Å². The molecule has 0 fully saturated rings. The first-order valence-electron chi connectivity index (χ1n) is 8.15. The lowest BCUT2D eigenvalue weighted by Gasteiger charge is -2.19. The lowest BCUT2D eigenvalue weighted by Crippen LogP contribution is -2.19. The Bertz CT molecular complexity index is 404. The molecular weight excluding hydrogens is 262 g/mol. The van der Waals surface area contributed by atoms with E-state index in [-0.39, 0.29) is 6.04 Å². The Morgan fingerprint density at radius 3 is 2.57 bits per heavy atom. The topological polar surface area (TPSA) is 44.5 Å². The molecule has 0 aromatic heterocycles. The third-order valence-electron chi connectivity index (χ3n) is 3.83. The van der Waals surface area contributed by atoms with Crippen LogP contribution in [-0.2, 0) is 6.42 Å². The highest BCUT2D eigenvalue weighted by molar-refractivity contribution is 5.41. The minimum atomic E-state index is 0.128. The lowest BCUT2D eigenvalue weighted by molar-refractivity contribution is 0.230. The third-order valence-corrected chi connectivity index (χ3v) is 3.83. The van der Waals surface area contributed by atoms with Crippen LogP contribution >= 0.6 is 0 Å². The van der Waals surface area contributed by atoms with E-state index in [0.29, 0.717) is 5.92 Å². The molecule has 0 saturated heterocycles. The molecule has 1 aromatic carbocycles. The number of benzene rings is 1. The van der Waals surface area contributed by atoms with Crippen LogP contribution in [0.5, 0.6) is 11.5 Å². The van der Waals surface area contributed by atoms with E-state index in [2.05, 4.69) is 19.9 Å². The van der Waals surface area contributed by atoms with Crippen LogP contribution in [0.25, 0.3) is 0 Å². The van der Waals surface area contributed by atoms with E-state index < -0.39 is 0 Å². The lowest BCUT2D eigenvalue weighted by atomic mass is 10.0. The number of ether oxygens (including phenoxy) is 2. The molecule has 0 heterocycles. The summed E-state index contributed by atoms with van der Waals surface area (Å²) in [5, 5.41) is 0. The van der Waals surface area contributed by atoms with Gasteiger partial charge in [-0.15, -0.1) is 0 Å². The van der Waals surface area contributed by atoms with Crippen molar-refractivity contribution in [2.24, 2.45) is 11.7 Å². The van der Waals surface area contributed by atoms with Gasteiger partial charge in [0.05, 0.1) is 13.7 Å². The van der Waals surface area contributed by atoms with Gasteiger partial charge in [-0.3, -0.25) is 0 Å². The Morgan fingerprint density at radius 1 is 1.24 bits per heavy atom. The third kappa shape index (κ3) is 6.38. The van der Waals surface area contributed by atoms with Gasteiger partial charge in [0.25, 0.3) is 0 Å². The molecule has 0 amide bonds. The maximum absolute atomic E-state index is 6.10. The highest BCUT2D eigenvalue weighted by atomic mass is 16.5. The molecule has 0 saturated carbocycles. The fourth-order valence-electron chi connectivity index (χ4n) is 2.42. The summed E-state index contributed by atoms with van der Waals surface area (Å²) in [5.74, 6) is 2.38. The van der Waals surface area contributed by atoms with Crippen LogP contribution < -0.4 is 15.2 Å². The highest BCUT2D eigenvalue weighted by Gasteiger charge is 2.11. The average Bonchev–Trinajstić information content (AvgIpc) is 2.48. The van der Waals surface area contributed by atoms with Crippen LogP contribution in [0, 0.1) is 5.92 Å². The number of hydrogen-bond donors (Lipinski definition) is 1. The molecule has 1 aromatic rings. The van der Waals surface area contributed by atoms with Crippen LogP contribution in [0.4, 0.5) is 0 Å². The van der Waals surface area contributed by atoms with Crippen molar-refractivity contribution in [3.8, 4) is 11.5 Å². The van der Waals surface area contributed by atoms with Gasteiger partial charge in [0, 0.05) is 12.1 Å². The van der Waals surface area contributed by atoms with Gasteiger partial charge in [-0.25, -0.2) is 0 Å². The first-order chi connectivity index (χ1) is 10.1. The molecule has 0 bridgehead atoms. The van der Waals surface area contributed by atoms with Crippen molar-refractivity contribution >= 4 is 0 Å². The van der Waals surface area contributed by atoms with Crippen LogP contribution in [0.2, 0.25) is 0 Å². The van der Waals surface area contributed by atoms with Gasteiger partial charge in [-0.05, 0) is 37.3 Å². The van der Waals surface area contributed by atoms with Gasteiger partial charge in [0.2, 0.25) is 0 Å². The van der Waals surface area contributed by atoms with E-state index in [0.717, 1.165) is 36.5 Å². The van der Waals surface area contributed by atoms with Gasteiger partial charge < -0.3 is 15.2 Å². The molecule has 0 aliphatic rings. The van der Waals surface area contributed by atoms with E-state index in [1.807, 2.05) is 19.1 Å². The Hall–Kier alpha value is -1.22. The first kappa shape index (κ1) is 17.8. The Balaban J connectivity index is 2.73. The second kappa shape index (κ2) is 9.67. The second-order valence-electron chi connectivity index (χ2n) is 5.88. The normalized spacial score (nSPS) is 13.8. The first-order valence-corrected chi connectivity index (χ1v) is 8.15. The minimum Gasteiger partial charge on any atom is -0.497 e. The summed E-state index contributed by atoms with van der Waals surface area (Å²) in [5.41, 5.74) is 7.09. The van der Waals surface area contributed by atoms with Crippen molar-refractivity contribution in [2.75, 3.05) is 13.7 Å². The summed E-state index contributed by atoms with van der Waals surface area (Å²) in [7, 11) is 1.68. The molecule has 3 nitrogen and oxygen atoms in total. The minimum absolute atomic E-state index is 0.128. The van der Waals surface area contributed by atoms with Crippen molar-refractivity contribution in [3.63, 3.8) is 0 Å². The molecule has 2 N–H and O–H groups in total. The molecular formula is C18H31NO2. The standard InChI is InChI=1S/C18H31NO2/c1-5-7-8-15(6-2)13-21-18-12-17(20-4)10-9-16(18)11-14(3)19/h9-10,12,14-15H,5-8,11,13,19H2,1-4H3. The van der Waals surface area contributed by atoms with E-state index in [4.69, 9.17) is 15.2 Å². The zero-order chi connectivity index (χ0) is 15.7. The van der Waals surface area contributed by atoms with E-state index in [9.17, 15) is 0 Å². The van der Waals surface area contributed by atoms with Gasteiger partial charge in [0.1, 0.15) is 11.5 Å². The molecule has 2 unspecified atom stereocenters.